The molecular formula is C25H27N5O2S. The van der Waals surface area contributed by atoms with E-state index in [0.29, 0.717) is 0 Å². The van der Waals surface area contributed by atoms with E-state index in [1.807, 2.05) is 24.7 Å². The zero-order chi connectivity index (χ0) is 23.2. The molecule has 33 heavy (non-hydrogen) atoms. The number of non-ortho nitro benzene ring substituents is 1. The third kappa shape index (κ3) is 5.12. The summed E-state index contributed by atoms with van der Waals surface area (Å²) in [6.07, 6.45) is 8.34. The van der Waals surface area contributed by atoms with Gasteiger partial charge in [-0.15, -0.1) is 11.3 Å². The van der Waals surface area contributed by atoms with E-state index in [0.717, 1.165) is 54.1 Å². The topological polar surface area (TPSA) is 78.2 Å². The van der Waals surface area contributed by atoms with E-state index in [4.69, 9.17) is 4.99 Å². The summed E-state index contributed by atoms with van der Waals surface area (Å²) in [5, 5.41) is 13.2. The number of hydrogen-bond donors (Lipinski definition) is 0. The number of benzene rings is 2. The highest BCUT2D eigenvalue weighted by Crippen LogP contribution is 2.27. The fraction of sp³-hybridized carbons (Fsp3) is 0.280. The Morgan fingerprint density at radius 1 is 1.06 bits per heavy atom. The van der Waals surface area contributed by atoms with Crippen LogP contribution in [-0.4, -0.2) is 19.0 Å². The summed E-state index contributed by atoms with van der Waals surface area (Å²) in [6.45, 7) is 5.95. The van der Waals surface area contributed by atoms with E-state index in [1.54, 1.807) is 29.7 Å². The average molecular weight is 462 g/mol. The molecule has 0 amide bonds. The first-order chi connectivity index (χ1) is 16.1. The molecular weight excluding hydrogens is 434 g/mol. The first-order valence-electron chi connectivity index (χ1n) is 11.1. The molecule has 4 rings (SSSR count). The minimum absolute atomic E-state index is 0.0926. The maximum absolute atomic E-state index is 11.1. The molecule has 0 N–H and O–H groups in total. The van der Waals surface area contributed by atoms with Crippen LogP contribution in [0.4, 0.5) is 11.4 Å². The number of aryl methyl sites for hydroxylation is 3. The van der Waals surface area contributed by atoms with Gasteiger partial charge in [0.2, 0.25) is 0 Å². The predicted molar refractivity (Wildman–Crippen MR) is 132 cm³/mol. The summed E-state index contributed by atoms with van der Waals surface area (Å²) < 4.78 is 4.30. The van der Waals surface area contributed by atoms with E-state index >= 15 is 0 Å². The minimum Gasteiger partial charge on any atom is -0.337 e. The van der Waals surface area contributed by atoms with Gasteiger partial charge in [0.05, 0.1) is 22.6 Å². The van der Waals surface area contributed by atoms with E-state index < -0.39 is 0 Å². The summed E-state index contributed by atoms with van der Waals surface area (Å²) in [6, 6.07) is 13.1. The van der Waals surface area contributed by atoms with Gasteiger partial charge in [-0.25, -0.2) is 9.98 Å². The van der Waals surface area contributed by atoms with E-state index in [-0.39, 0.29) is 10.6 Å². The monoisotopic (exact) mass is 461 g/mol. The van der Waals surface area contributed by atoms with Crippen molar-refractivity contribution in [1.29, 1.82) is 0 Å². The molecule has 170 valence electrons. The maximum Gasteiger partial charge on any atom is 0.269 e. The lowest BCUT2D eigenvalue weighted by atomic mass is 10.0. The Bertz CT molecular complexity index is 1270. The van der Waals surface area contributed by atoms with Gasteiger partial charge in [-0.1, -0.05) is 32.0 Å². The molecule has 0 bridgehead atoms. The van der Waals surface area contributed by atoms with Crippen LogP contribution in [0.25, 0.3) is 11.3 Å². The van der Waals surface area contributed by atoms with Crippen LogP contribution in [0, 0.1) is 10.1 Å². The fourth-order valence-electron chi connectivity index (χ4n) is 3.90. The number of nitrogens with zero attached hydrogens (tertiary/aromatic N) is 5. The molecule has 0 unspecified atom stereocenters. The summed E-state index contributed by atoms with van der Waals surface area (Å²) in [4.78, 5) is 20.9. The van der Waals surface area contributed by atoms with Crippen LogP contribution in [0.3, 0.4) is 0 Å². The molecule has 2 aromatic carbocycles. The van der Waals surface area contributed by atoms with Gasteiger partial charge in [0.25, 0.3) is 5.69 Å². The van der Waals surface area contributed by atoms with Crippen LogP contribution in [0.1, 0.15) is 31.4 Å². The molecule has 2 aromatic heterocycles. The largest absolute Gasteiger partial charge is 0.337 e. The molecule has 0 fully saturated rings. The number of thiazole rings is 1. The highest BCUT2D eigenvalue weighted by atomic mass is 32.1. The number of nitro benzene ring substituents is 1. The average Bonchev–Trinajstić information content (AvgIpc) is 3.50. The van der Waals surface area contributed by atoms with Gasteiger partial charge in [0.1, 0.15) is 0 Å². The Hall–Kier alpha value is -3.52. The number of hydrogen-bond acceptors (Lipinski definition) is 5. The first kappa shape index (κ1) is 22.7. The molecule has 0 spiro atoms. The normalized spacial score (nSPS) is 11.8. The Morgan fingerprint density at radius 3 is 2.39 bits per heavy atom. The highest BCUT2D eigenvalue weighted by Gasteiger charge is 2.12. The van der Waals surface area contributed by atoms with Gasteiger partial charge in [-0.2, -0.15) is 0 Å². The van der Waals surface area contributed by atoms with Crippen LogP contribution in [0.2, 0.25) is 0 Å². The summed E-state index contributed by atoms with van der Waals surface area (Å²) in [5.74, 6) is 0. The molecule has 8 heteroatoms. The molecule has 7 nitrogen and oxygen atoms in total. The van der Waals surface area contributed by atoms with Crippen molar-refractivity contribution in [3.63, 3.8) is 0 Å². The third-order valence-corrected chi connectivity index (χ3v) is 6.56. The van der Waals surface area contributed by atoms with Gasteiger partial charge in [-0.05, 0) is 48.1 Å². The zero-order valence-corrected chi connectivity index (χ0v) is 19.7. The van der Waals surface area contributed by atoms with Crippen molar-refractivity contribution in [2.75, 3.05) is 0 Å². The zero-order valence-electron chi connectivity index (χ0n) is 18.8. The van der Waals surface area contributed by atoms with Crippen molar-refractivity contribution in [2.24, 2.45) is 4.99 Å². The van der Waals surface area contributed by atoms with Crippen LogP contribution in [0.15, 0.2) is 71.6 Å². The molecule has 0 saturated carbocycles. The van der Waals surface area contributed by atoms with E-state index in [9.17, 15) is 10.1 Å². The van der Waals surface area contributed by atoms with Crippen molar-refractivity contribution in [1.82, 2.24) is 14.1 Å². The minimum atomic E-state index is -0.370. The number of aromatic nitrogens is 3. The number of imidazole rings is 1. The van der Waals surface area contributed by atoms with Crippen molar-refractivity contribution in [2.45, 2.75) is 46.2 Å². The lowest BCUT2D eigenvalue weighted by Crippen LogP contribution is -2.17. The van der Waals surface area contributed by atoms with Crippen molar-refractivity contribution < 1.29 is 4.92 Å². The molecule has 0 aliphatic rings. The Labute approximate surface area is 196 Å². The number of nitro groups is 1. The maximum atomic E-state index is 11.1. The molecule has 0 radical (unpaired) electrons. The van der Waals surface area contributed by atoms with Gasteiger partial charge in [0.15, 0.2) is 4.80 Å². The van der Waals surface area contributed by atoms with Crippen molar-refractivity contribution in [3.05, 3.63) is 92.6 Å². The lowest BCUT2D eigenvalue weighted by Gasteiger charge is -2.11. The van der Waals surface area contributed by atoms with Gasteiger partial charge in [0, 0.05) is 43.0 Å². The van der Waals surface area contributed by atoms with Crippen LogP contribution in [-0.2, 0) is 25.9 Å². The predicted octanol–water partition coefficient (Wildman–Crippen LogP) is 5.77. The number of rotatable bonds is 9. The van der Waals surface area contributed by atoms with Gasteiger partial charge >= 0.3 is 0 Å². The highest BCUT2D eigenvalue weighted by molar-refractivity contribution is 7.07. The van der Waals surface area contributed by atoms with Gasteiger partial charge < -0.3 is 9.13 Å². The Balaban J connectivity index is 1.77. The molecule has 0 saturated heterocycles. The second-order valence-corrected chi connectivity index (χ2v) is 8.59. The Kier molecular flexibility index (Phi) is 7.14. The van der Waals surface area contributed by atoms with Crippen LogP contribution < -0.4 is 4.80 Å². The van der Waals surface area contributed by atoms with Crippen LogP contribution >= 0.6 is 11.3 Å². The first-order valence-corrected chi connectivity index (χ1v) is 12.0. The quantitative estimate of drug-likeness (QED) is 0.234. The Morgan fingerprint density at radius 2 is 1.79 bits per heavy atom. The van der Waals surface area contributed by atoms with E-state index in [2.05, 4.69) is 51.5 Å². The molecule has 0 aliphatic heterocycles. The van der Waals surface area contributed by atoms with Gasteiger partial charge in [-0.3, -0.25) is 10.1 Å². The molecule has 2 heterocycles. The standard InChI is InChI=1S/C25H27N5O2S/c1-3-19-7-5-8-20(4-2)24(19)27-25-29(15-6-14-28-16-13-26-18-28)23(17-33-25)21-9-11-22(12-10-21)30(31)32/h5,7-13,16-18H,3-4,6,14-15H2,1-2H3. The SMILES string of the molecule is CCc1cccc(CC)c1N=c1scc(-c2ccc([N+](=O)[O-])cc2)n1CCCn1ccnc1. The third-order valence-electron chi connectivity index (χ3n) is 5.70. The van der Waals surface area contributed by atoms with Crippen molar-refractivity contribution >= 4 is 22.7 Å². The van der Waals surface area contributed by atoms with Crippen molar-refractivity contribution in [3.8, 4) is 11.3 Å². The number of para-hydroxylation sites is 1. The molecule has 4 aromatic rings. The summed E-state index contributed by atoms with van der Waals surface area (Å²) in [5.41, 5.74) is 5.60. The summed E-state index contributed by atoms with van der Waals surface area (Å²) >= 11 is 1.61. The second-order valence-electron chi connectivity index (χ2n) is 7.76. The van der Waals surface area contributed by atoms with Crippen LogP contribution in [0.5, 0.6) is 0 Å². The molecule has 0 aliphatic carbocycles. The smallest absolute Gasteiger partial charge is 0.269 e. The summed E-state index contributed by atoms with van der Waals surface area (Å²) in [7, 11) is 0. The fourth-order valence-corrected chi connectivity index (χ4v) is 4.85. The molecule has 0 atom stereocenters. The van der Waals surface area contributed by atoms with E-state index in [1.165, 1.54) is 11.1 Å². The lowest BCUT2D eigenvalue weighted by molar-refractivity contribution is -0.384. The second kappa shape index (κ2) is 10.4.